The van der Waals surface area contributed by atoms with Gasteiger partial charge in [-0.3, -0.25) is 19.8 Å². The van der Waals surface area contributed by atoms with E-state index in [1.165, 1.54) is 23.3 Å². The first-order valence-electron chi connectivity index (χ1n) is 25.0. The fourth-order valence-electron chi connectivity index (χ4n) is 10.7. The molecular formula is C53H62ClN7O11S. The van der Waals surface area contributed by atoms with E-state index in [4.69, 9.17) is 45.0 Å². The molecule has 2 aromatic heterocycles. The number of aromatic amines is 1. The number of hydrogen-bond acceptors (Lipinski definition) is 15. The van der Waals surface area contributed by atoms with Crippen molar-refractivity contribution in [2.45, 2.75) is 81.6 Å². The van der Waals surface area contributed by atoms with E-state index in [-0.39, 0.29) is 47.7 Å². The molecular weight excluding hydrogens is 978 g/mol. The first kappa shape index (κ1) is 50.7. The predicted octanol–water partition coefficient (Wildman–Crippen LogP) is 8.31. The Balaban J connectivity index is 0.955. The molecule has 18 nitrogen and oxygen atoms in total. The Morgan fingerprint density at radius 3 is 2.62 bits per heavy atom. The van der Waals surface area contributed by atoms with Crippen LogP contribution in [0.4, 0.5) is 22.7 Å². The third kappa shape index (κ3) is 11.3. The number of nitro benzene ring substituents is 1. The second kappa shape index (κ2) is 21.6. The molecule has 73 heavy (non-hydrogen) atoms. The van der Waals surface area contributed by atoms with Gasteiger partial charge in [-0.25, -0.2) is 13.1 Å². The summed E-state index contributed by atoms with van der Waals surface area (Å²) >= 11 is 6.38. The van der Waals surface area contributed by atoms with Crippen molar-refractivity contribution in [1.29, 1.82) is 0 Å². The van der Waals surface area contributed by atoms with E-state index in [1.54, 1.807) is 19.4 Å². The molecule has 4 atom stereocenters. The second-order valence-corrected chi connectivity index (χ2v) is 22.3. The molecule has 1 unspecified atom stereocenters. The highest BCUT2D eigenvalue weighted by molar-refractivity contribution is 7.90. The molecule has 3 saturated heterocycles. The number of carbonyl (C=O) groups is 1. The van der Waals surface area contributed by atoms with Gasteiger partial charge in [-0.1, -0.05) is 37.6 Å². The minimum atomic E-state index is -4.66. The van der Waals surface area contributed by atoms with Crippen LogP contribution in [0.15, 0.2) is 89.5 Å². The number of sulfonamides is 1. The summed E-state index contributed by atoms with van der Waals surface area (Å²) < 4.78 is 66.6. The number of amides is 1. The number of ether oxygens (including phenoxy) is 6. The Morgan fingerprint density at radius 1 is 0.973 bits per heavy atom. The van der Waals surface area contributed by atoms with E-state index in [9.17, 15) is 23.3 Å². The van der Waals surface area contributed by atoms with Gasteiger partial charge in [0.15, 0.2) is 5.75 Å². The van der Waals surface area contributed by atoms with E-state index in [0.29, 0.717) is 107 Å². The number of benzene rings is 3. The first-order chi connectivity index (χ1) is 35.2. The van der Waals surface area contributed by atoms with E-state index in [0.717, 1.165) is 48.4 Å². The molecule has 10 rings (SSSR count). The predicted molar refractivity (Wildman–Crippen MR) is 277 cm³/mol. The highest BCUT2D eigenvalue weighted by atomic mass is 35.5. The molecule has 2 N–H and O–H groups in total. The van der Waals surface area contributed by atoms with Crippen molar-refractivity contribution in [3.8, 4) is 11.6 Å². The normalized spacial score (nSPS) is 23.0. The molecule has 0 spiro atoms. The number of allylic oxidation sites excluding steroid dienone is 1. The zero-order valence-corrected chi connectivity index (χ0v) is 42.9. The van der Waals surface area contributed by atoms with Crippen LogP contribution in [0.25, 0.3) is 16.6 Å². The van der Waals surface area contributed by atoms with Gasteiger partial charge in [0.2, 0.25) is 5.88 Å². The molecule has 3 fully saturated rings. The van der Waals surface area contributed by atoms with Crippen molar-refractivity contribution in [3.63, 3.8) is 0 Å². The Kier molecular flexibility index (Phi) is 15.0. The summed E-state index contributed by atoms with van der Waals surface area (Å²) in [5.74, 6) is -0.679. The van der Waals surface area contributed by atoms with Crippen LogP contribution in [-0.2, 0) is 29.0 Å². The number of fused-ring (bicyclic) bond motifs is 4. The molecule has 0 radical (unpaired) electrons. The van der Waals surface area contributed by atoms with Crippen LogP contribution >= 0.6 is 11.6 Å². The zero-order valence-electron chi connectivity index (χ0n) is 41.3. The van der Waals surface area contributed by atoms with Gasteiger partial charge < -0.3 is 43.2 Å². The van der Waals surface area contributed by atoms with E-state index in [1.807, 2.05) is 41.3 Å². The number of pyridine rings is 1. The zero-order chi connectivity index (χ0) is 50.9. The summed E-state index contributed by atoms with van der Waals surface area (Å²) in [6, 6.07) is 20.7. The van der Waals surface area contributed by atoms with Gasteiger partial charge in [0.1, 0.15) is 17.9 Å². The SMILES string of the molecule is CO[C@H]1CCC(COc2ccc(S(=O)(=O)NC(=O)c3ccc(N4CCN5CC6=C(c7ccc(Cl)cc7)CC(C)(C)C[C@H]6OCCCOC[C@@H]5C4)cc3N3CCCOc4nc5[nH]ccc5cc43)cc2[N+](=O)[O-])OC1. The van der Waals surface area contributed by atoms with Gasteiger partial charge in [-0.15, -0.1) is 0 Å². The van der Waals surface area contributed by atoms with Gasteiger partial charge in [0.25, 0.3) is 15.9 Å². The molecule has 3 aromatic carbocycles. The minimum absolute atomic E-state index is 0.00135. The summed E-state index contributed by atoms with van der Waals surface area (Å²) in [5.41, 5.74) is 5.81. The number of piperazine rings is 1. The van der Waals surface area contributed by atoms with Crippen LogP contribution < -0.4 is 24.0 Å². The summed E-state index contributed by atoms with van der Waals surface area (Å²) in [4.78, 5) is 40.4. The third-order valence-electron chi connectivity index (χ3n) is 14.6. The van der Waals surface area contributed by atoms with Crippen molar-refractivity contribution in [2.75, 3.05) is 89.3 Å². The van der Waals surface area contributed by atoms with Crippen molar-refractivity contribution in [3.05, 3.63) is 111 Å². The van der Waals surface area contributed by atoms with Gasteiger partial charge in [-0.05, 0) is 115 Å². The number of methoxy groups -OCH3 is 1. The molecule has 6 heterocycles. The minimum Gasteiger partial charge on any atom is -0.484 e. The maximum atomic E-state index is 14.6. The number of H-pyrrole nitrogens is 1. The Morgan fingerprint density at radius 2 is 1.82 bits per heavy atom. The topological polar surface area (TPSA) is 200 Å². The largest absolute Gasteiger partial charge is 0.484 e. The number of aromatic nitrogens is 2. The molecule has 5 aliphatic rings. The van der Waals surface area contributed by atoms with Crippen molar-refractivity contribution >= 4 is 66.9 Å². The molecule has 388 valence electrons. The summed E-state index contributed by atoms with van der Waals surface area (Å²) in [6.45, 7) is 10.2. The summed E-state index contributed by atoms with van der Waals surface area (Å²) in [5, 5.41) is 13.8. The van der Waals surface area contributed by atoms with E-state index in [2.05, 4.69) is 45.5 Å². The number of hydrogen-bond donors (Lipinski definition) is 2. The van der Waals surface area contributed by atoms with Crippen LogP contribution in [0.5, 0.6) is 11.6 Å². The molecule has 5 aromatic rings. The highest BCUT2D eigenvalue weighted by Gasteiger charge is 2.39. The average Bonchev–Trinajstić information content (AvgIpc) is 3.73. The van der Waals surface area contributed by atoms with Crippen LogP contribution in [0.1, 0.15) is 68.3 Å². The van der Waals surface area contributed by atoms with Crippen molar-refractivity contribution < 1.29 is 46.6 Å². The lowest BCUT2D eigenvalue weighted by Gasteiger charge is -2.45. The number of rotatable bonds is 11. The van der Waals surface area contributed by atoms with E-state index < -0.39 is 31.4 Å². The van der Waals surface area contributed by atoms with Gasteiger partial charge in [0.05, 0.1) is 65.2 Å². The molecule has 1 amide bonds. The van der Waals surface area contributed by atoms with Crippen molar-refractivity contribution in [1.82, 2.24) is 19.6 Å². The van der Waals surface area contributed by atoms with Gasteiger partial charge in [-0.2, -0.15) is 4.98 Å². The quantitative estimate of drug-likeness (QED) is 0.0945. The number of anilines is 3. The lowest BCUT2D eigenvalue weighted by molar-refractivity contribution is -0.386. The van der Waals surface area contributed by atoms with Crippen LogP contribution in [0.3, 0.4) is 0 Å². The number of carbonyl (C=O) groups excluding carboxylic acids is 1. The van der Waals surface area contributed by atoms with Crippen molar-refractivity contribution in [2.24, 2.45) is 5.41 Å². The van der Waals surface area contributed by atoms with Gasteiger partial charge in [0, 0.05) is 81.4 Å². The highest BCUT2D eigenvalue weighted by Crippen LogP contribution is 2.46. The monoisotopic (exact) mass is 1040 g/mol. The Hall–Kier alpha value is -5.80. The smallest absolute Gasteiger partial charge is 0.312 e. The number of nitrogens with one attached hydrogen (secondary N) is 2. The number of nitro groups is 1. The molecule has 0 bridgehead atoms. The van der Waals surface area contributed by atoms with Crippen LogP contribution in [0, 0.1) is 15.5 Å². The Bertz CT molecular complexity index is 2980. The standard InChI is InChI=1S/C53H62ClN7O11S/c1-53(2)27-43(34-6-8-36(54)9-7-34)44-30-59-20-19-58(29-38(59)31-68-21-5-23-69-49(44)28-53)37-10-14-42(45(25-37)60-18-4-22-70-52-47(60)24-35-16-17-55-50(35)56-52)51(62)57-73(65,66)41-13-15-48(46(26-41)61(63)64)72-33-40-12-11-39(67-3)32-71-40/h6-10,13-17,24-26,38-40,49H,4-5,11-12,18-23,27-33H2,1-3H3,(H,55,56)(H,57,62)/t38-,39-,40?,49+/m0/s1. The lowest BCUT2D eigenvalue weighted by atomic mass is 9.71. The summed E-state index contributed by atoms with van der Waals surface area (Å²) in [7, 11) is -3.05. The molecule has 4 aliphatic heterocycles. The van der Waals surface area contributed by atoms with Crippen LogP contribution in [-0.4, -0.2) is 138 Å². The maximum absolute atomic E-state index is 14.6. The summed E-state index contributed by atoms with van der Waals surface area (Å²) in [6.07, 6.45) is 5.94. The molecule has 1 aliphatic carbocycles. The van der Waals surface area contributed by atoms with Crippen LogP contribution in [0.2, 0.25) is 5.02 Å². The lowest BCUT2D eigenvalue weighted by Crippen LogP contribution is -2.56. The number of halogens is 1. The maximum Gasteiger partial charge on any atom is 0.312 e. The third-order valence-corrected chi connectivity index (χ3v) is 16.2. The second-order valence-electron chi connectivity index (χ2n) is 20.2. The van der Waals surface area contributed by atoms with E-state index >= 15 is 0 Å². The van der Waals surface area contributed by atoms with Gasteiger partial charge >= 0.3 is 5.69 Å². The first-order valence-corrected chi connectivity index (χ1v) is 26.9. The Labute approximate surface area is 430 Å². The molecule has 20 heteroatoms. The average molecular weight is 1040 g/mol. The molecule has 0 saturated carbocycles. The fourth-order valence-corrected chi connectivity index (χ4v) is 11.8. The fraction of sp³-hybridized carbons (Fsp3) is 0.472. The number of nitrogens with zero attached hydrogens (tertiary/aromatic N) is 5.